The van der Waals surface area contributed by atoms with E-state index in [2.05, 4.69) is 12.2 Å². The van der Waals surface area contributed by atoms with Gasteiger partial charge in [-0.2, -0.15) is 0 Å². The van der Waals surface area contributed by atoms with Crippen LogP contribution in [-0.2, 0) is 14.3 Å². The lowest BCUT2D eigenvalue weighted by atomic mass is 9.92. The maximum Gasteiger partial charge on any atom is 0.246 e. The largest absolute Gasteiger partial charge is 0.381 e. The molecule has 1 aliphatic rings. The van der Waals surface area contributed by atoms with Gasteiger partial charge in [-0.05, 0) is 33.6 Å². The van der Waals surface area contributed by atoms with E-state index in [0.29, 0.717) is 0 Å². The Labute approximate surface area is 91.3 Å². The van der Waals surface area contributed by atoms with Crippen LogP contribution in [0.5, 0.6) is 0 Å². The summed E-state index contributed by atoms with van der Waals surface area (Å²) in [7, 11) is 0. The number of hydrogen-bond acceptors (Lipinski definition) is 3. The predicted molar refractivity (Wildman–Crippen MR) is 57.7 cm³/mol. The predicted octanol–water partition coefficient (Wildman–Crippen LogP) is 1.10. The van der Waals surface area contributed by atoms with Gasteiger partial charge in [-0.25, -0.2) is 0 Å². The summed E-state index contributed by atoms with van der Waals surface area (Å²) in [4.78, 5) is 11.5. The number of amides is 1. The first kappa shape index (κ1) is 12.5. The van der Waals surface area contributed by atoms with E-state index < -0.39 is 0 Å². The minimum Gasteiger partial charge on any atom is -0.381 e. The first-order chi connectivity index (χ1) is 7.02. The molecule has 1 N–H and O–H groups in total. The highest BCUT2D eigenvalue weighted by molar-refractivity contribution is 5.78. The average molecular weight is 215 g/mol. The molecule has 0 radical (unpaired) electrons. The zero-order chi connectivity index (χ0) is 11.3. The quantitative estimate of drug-likeness (QED) is 0.764. The third kappa shape index (κ3) is 4.62. The molecular weight excluding hydrogens is 194 g/mol. The Kier molecular flexibility index (Phi) is 4.54. The molecule has 0 aromatic rings. The Hall–Kier alpha value is -0.610. The number of carbonyl (C=O) groups excluding carboxylic acids is 1. The van der Waals surface area contributed by atoms with Gasteiger partial charge in [0, 0.05) is 18.8 Å². The Morgan fingerprint density at radius 3 is 2.60 bits per heavy atom. The van der Waals surface area contributed by atoms with Crippen LogP contribution in [0.1, 0.15) is 33.6 Å². The topological polar surface area (TPSA) is 47.6 Å². The lowest BCUT2D eigenvalue weighted by Crippen LogP contribution is -2.50. The van der Waals surface area contributed by atoms with Crippen LogP contribution in [0.4, 0.5) is 0 Å². The summed E-state index contributed by atoms with van der Waals surface area (Å²) in [5, 5.41) is 3.01. The molecule has 0 aromatic heterocycles. The summed E-state index contributed by atoms with van der Waals surface area (Å²) in [5.74, 6) is -0.0342. The van der Waals surface area contributed by atoms with Gasteiger partial charge < -0.3 is 14.8 Å². The normalized spacial score (nSPS) is 20.3. The van der Waals surface area contributed by atoms with Gasteiger partial charge in [0.25, 0.3) is 0 Å². The first-order valence-electron chi connectivity index (χ1n) is 5.52. The van der Waals surface area contributed by atoms with Crippen LogP contribution in [0.15, 0.2) is 0 Å². The molecule has 0 saturated carbocycles. The molecule has 4 heteroatoms. The number of hydrogen-bond donors (Lipinski definition) is 1. The number of nitrogens with one attached hydrogen (secondary N) is 1. The van der Waals surface area contributed by atoms with Gasteiger partial charge >= 0.3 is 0 Å². The average Bonchev–Trinajstić information content (AvgIpc) is 2.15. The summed E-state index contributed by atoms with van der Waals surface area (Å²) in [6, 6.07) is 0. The molecule has 0 aromatic carbocycles. The second-order valence-corrected chi connectivity index (χ2v) is 4.58. The molecule has 1 amide bonds. The maximum absolute atomic E-state index is 11.5. The van der Waals surface area contributed by atoms with Crippen molar-refractivity contribution in [1.82, 2.24) is 5.32 Å². The van der Waals surface area contributed by atoms with Gasteiger partial charge in [-0.15, -0.1) is 0 Å². The van der Waals surface area contributed by atoms with Crippen molar-refractivity contribution in [3.8, 4) is 0 Å². The van der Waals surface area contributed by atoms with E-state index >= 15 is 0 Å². The molecule has 88 valence electrons. The molecule has 1 heterocycles. The Morgan fingerprint density at radius 2 is 2.07 bits per heavy atom. The van der Waals surface area contributed by atoms with Crippen LogP contribution in [-0.4, -0.2) is 37.4 Å². The minimum atomic E-state index is -0.115. The Balaban J connectivity index is 2.29. The van der Waals surface area contributed by atoms with Gasteiger partial charge in [-0.1, -0.05) is 0 Å². The lowest BCUT2D eigenvalue weighted by Gasteiger charge is -2.34. The van der Waals surface area contributed by atoms with E-state index in [1.54, 1.807) is 0 Å². The smallest absolute Gasteiger partial charge is 0.246 e. The van der Waals surface area contributed by atoms with E-state index in [9.17, 15) is 4.79 Å². The second kappa shape index (κ2) is 5.47. The molecular formula is C11H21NO3. The van der Waals surface area contributed by atoms with Gasteiger partial charge in [0.05, 0.1) is 6.10 Å². The van der Waals surface area contributed by atoms with Crippen molar-refractivity contribution in [3.63, 3.8) is 0 Å². The summed E-state index contributed by atoms with van der Waals surface area (Å²) >= 11 is 0. The summed E-state index contributed by atoms with van der Waals surface area (Å²) < 4.78 is 10.5. The molecule has 0 atom stereocenters. The van der Waals surface area contributed by atoms with Crippen molar-refractivity contribution >= 4 is 5.91 Å². The van der Waals surface area contributed by atoms with Gasteiger partial charge in [-0.3, -0.25) is 4.79 Å². The summed E-state index contributed by atoms with van der Waals surface area (Å²) in [6.07, 6.45) is 1.85. The first-order valence-corrected chi connectivity index (χ1v) is 5.52. The highest BCUT2D eigenvalue weighted by atomic mass is 16.5. The van der Waals surface area contributed by atoms with E-state index in [0.717, 1.165) is 26.1 Å². The lowest BCUT2D eigenvalue weighted by molar-refractivity contribution is -0.130. The Morgan fingerprint density at radius 1 is 1.47 bits per heavy atom. The van der Waals surface area contributed by atoms with Crippen molar-refractivity contribution in [2.24, 2.45) is 0 Å². The van der Waals surface area contributed by atoms with Crippen molar-refractivity contribution in [2.45, 2.75) is 45.3 Å². The Bertz CT molecular complexity index is 210. The fraction of sp³-hybridized carbons (Fsp3) is 0.909. The van der Waals surface area contributed by atoms with Crippen molar-refractivity contribution in [2.75, 3.05) is 19.8 Å². The van der Waals surface area contributed by atoms with E-state index in [4.69, 9.17) is 9.47 Å². The van der Waals surface area contributed by atoms with Crippen molar-refractivity contribution < 1.29 is 14.3 Å². The fourth-order valence-electron chi connectivity index (χ4n) is 1.56. The van der Waals surface area contributed by atoms with E-state index in [-0.39, 0.29) is 24.2 Å². The highest BCUT2D eigenvalue weighted by Crippen LogP contribution is 2.19. The molecule has 15 heavy (non-hydrogen) atoms. The number of ether oxygens (including phenoxy) is 2. The summed E-state index contributed by atoms with van der Waals surface area (Å²) in [6.45, 7) is 7.49. The molecule has 0 unspecified atom stereocenters. The van der Waals surface area contributed by atoms with Gasteiger partial charge in [0.15, 0.2) is 0 Å². The molecule has 1 fully saturated rings. The number of carbonyl (C=O) groups is 1. The third-order valence-corrected chi connectivity index (χ3v) is 2.59. The van der Waals surface area contributed by atoms with Crippen LogP contribution in [0, 0.1) is 0 Å². The highest BCUT2D eigenvalue weighted by Gasteiger charge is 2.28. The maximum atomic E-state index is 11.5. The minimum absolute atomic E-state index is 0.0342. The SMILES string of the molecule is CC(C)OCC(=O)NC1(C)CCOCC1. The molecule has 4 nitrogen and oxygen atoms in total. The summed E-state index contributed by atoms with van der Waals surface area (Å²) in [5.41, 5.74) is -0.115. The van der Waals surface area contributed by atoms with Crippen LogP contribution < -0.4 is 5.32 Å². The molecule has 0 aliphatic carbocycles. The van der Waals surface area contributed by atoms with Crippen LogP contribution in [0.2, 0.25) is 0 Å². The molecule has 1 rings (SSSR count). The third-order valence-electron chi connectivity index (χ3n) is 2.59. The second-order valence-electron chi connectivity index (χ2n) is 4.58. The van der Waals surface area contributed by atoms with Crippen LogP contribution in [0.3, 0.4) is 0 Å². The zero-order valence-corrected chi connectivity index (χ0v) is 9.84. The monoisotopic (exact) mass is 215 g/mol. The van der Waals surface area contributed by atoms with Crippen LogP contribution in [0.25, 0.3) is 0 Å². The van der Waals surface area contributed by atoms with Gasteiger partial charge in [0.2, 0.25) is 5.91 Å². The van der Waals surface area contributed by atoms with Crippen molar-refractivity contribution in [1.29, 1.82) is 0 Å². The molecule has 1 aliphatic heterocycles. The number of rotatable bonds is 4. The molecule has 0 bridgehead atoms. The molecule has 1 saturated heterocycles. The van der Waals surface area contributed by atoms with Gasteiger partial charge in [0.1, 0.15) is 6.61 Å². The fourth-order valence-corrected chi connectivity index (χ4v) is 1.56. The van der Waals surface area contributed by atoms with Crippen LogP contribution >= 0.6 is 0 Å². The zero-order valence-electron chi connectivity index (χ0n) is 9.84. The standard InChI is InChI=1S/C11H21NO3/c1-9(2)15-8-10(13)12-11(3)4-6-14-7-5-11/h9H,4-8H2,1-3H3,(H,12,13). The molecule has 0 spiro atoms. The van der Waals surface area contributed by atoms with Crippen molar-refractivity contribution in [3.05, 3.63) is 0 Å². The van der Waals surface area contributed by atoms with E-state index in [1.807, 2.05) is 13.8 Å². The van der Waals surface area contributed by atoms with E-state index in [1.165, 1.54) is 0 Å².